The van der Waals surface area contributed by atoms with Crippen LogP contribution in [0.1, 0.15) is 24.1 Å². The number of alkyl halides is 3. The van der Waals surface area contributed by atoms with E-state index in [2.05, 4.69) is 0 Å². The van der Waals surface area contributed by atoms with Gasteiger partial charge in [-0.05, 0) is 24.6 Å². The second kappa shape index (κ2) is 4.20. The first-order valence-corrected chi connectivity index (χ1v) is 4.43. The molecule has 3 N–H and O–H groups in total. The fourth-order valence-corrected chi connectivity index (χ4v) is 1.17. The van der Waals surface area contributed by atoms with Crippen molar-refractivity contribution in [2.75, 3.05) is 0 Å². The summed E-state index contributed by atoms with van der Waals surface area (Å²) in [7, 11) is 0. The molecule has 0 bridgehead atoms. The molecule has 0 aliphatic heterocycles. The van der Waals surface area contributed by atoms with Gasteiger partial charge in [-0.3, -0.25) is 0 Å². The van der Waals surface area contributed by atoms with Crippen LogP contribution in [0, 0.1) is 0 Å². The van der Waals surface area contributed by atoms with Crippen molar-refractivity contribution in [3.05, 3.63) is 35.4 Å². The van der Waals surface area contributed by atoms with Crippen molar-refractivity contribution >= 4 is 0 Å². The highest BCUT2D eigenvalue weighted by molar-refractivity contribution is 5.27. The Bertz CT molecular complexity index is 318. The van der Waals surface area contributed by atoms with Crippen LogP contribution in [0.2, 0.25) is 0 Å². The van der Waals surface area contributed by atoms with Gasteiger partial charge in [-0.2, -0.15) is 13.2 Å². The van der Waals surface area contributed by atoms with E-state index in [0.29, 0.717) is 5.56 Å². The Hall–Kier alpha value is -1.07. The molecule has 0 aliphatic carbocycles. The average molecular weight is 219 g/mol. The number of hydrogen-bond donors (Lipinski definition) is 2. The van der Waals surface area contributed by atoms with Gasteiger partial charge in [0.15, 0.2) is 0 Å². The largest absolute Gasteiger partial charge is 0.416 e. The molecular formula is C10H12F3NO. The molecule has 1 rings (SSSR count). The normalized spacial score (nSPS) is 16.1. The van der Waals surface area contributed by atoms with E-state index in [9.17, 15) is 13.2 Å². The first-order chi connectivity index (χ1) is 6.82. The molecule has 0 aromatic heterocycles. The number of aliphatic hydroxyl groups excluding tert-OH is 1. The highest BCUT2D eigenvalue weighted by Crippen LogP contribution is 2.29. The average Bonchev–Trinajstić information content (AvgIpc) is 2.15. The molecule has 0 unspecified atom stereocenters. The topological polar surface area (TPSA) is 46.2 Å². The van der Waals surface area contributed by atoms with E-state index >= 15 is 0 Å². The fourth-order valence-electron chi connectivity index (χ4n) is 1.17. The van der Waals surface area contributed by atoms with Crippen molar-refractivity contribution in [3.63, 3.8) is 0 Å². The van der Waals surface area contributed by atoms with Crippen molar-refractivity contribution in [3.8, 4) is 0 Å². The molecule has 1 aromatic carbocycles. The summed E-state index contributed by atoms with van der Waals surface area (Å²) in [4.78, 5) is 0. The van der Waals surface area contributed by atoms with Crippen LogP contribution in [-0.2, 0) is 6.18 Å². The van der Waals surface area contributed by atoms with Crippen LogP contribution in [0.5, 0.6) is 0 Å². The fraction of sp³-hybridized carbons (Fsp3) is 0.400. The SMILES string of the molecule is C[C@H](O)[C@@H](N)c1ccc(C(F)(F)F)cc1. The zero-order chi connectivity index (χ0) is 11.6. The lowest BCUT2D eigenvalue weighted by molar-refractivity contribution is -0.137. The van der Waals surface area contributed by atoms with E-state index in [-0.39, 0.29) is 0 Å². The first kappa shape index (κ1) is 12.0. The minimum atomic E-state index is -4.34. The molecule has 15 heavy (non-hydrogen) atoms. The van der Waals surface area contributed by atoms with Crippen LogP contribution in [0.3, 0.4) is 0 Å². The summed E-state index contributed by atoms with van der Waals surface area (Å²) >= 11 is 0. The van der Waals surface area contributed by atoms with Gasteiger partial charge in [0.2, 0.25) is 0 Å². The van der Waals surface area contributed by atoms with Gasteiger partial charge < -0.3 is 10.8 Å². The van der Waals surface area contributed by atoms with E-state index in [1.54, 1.807) is 0 Å². The minimum absolute atomic E-state index is 0.484. The Labute approximate surface area is 85.5 Å². The van der Waals surface area contributed by atoms with E-state index in [0.717, 1.165) is 12.1 Å². The zero-order valence-electron chi connectivity index (χ0n) is 8.12. The van der Waals surface area contributed by atoms with Gasteiger partial charge >= 0.3 is 6.18 Å². The summed E-state index contributed by atoms with van der Waals surface area (Å²) in [5.41, 5.74) is 5.33. The van der Waals surface area contributed by atoms with Crippen molar-refractivity contribution in [2.45, 2.75) is 25.2 Å². The first-order valence-electron chi connectivity index (χ1n) is 4.43. The Kier molecular flexibility index (Phi) is 3.36. The summed E-state index contributed by atoms with van der Waals surface area (Å²) in [6.45, 7) is 1.49. The molecule has 0 radical (unpaired) electrons. The van der Waals surface area contributed by atoms with E-state index in [4.69, 9.17) is 10.8 Å². The number of halogens is 3. The number of nitrogens with two attached hydrogens (primary N) is 1. The maximum absolute atomic E-state index is 12.2. The maximum atomic E-state index is 12.2. The quantitative estimate of drug-likeness (QED) is 0.800. The second-order valence-electron chi connectivity index (χ2n) is 3.39. The van der Waals surface area contributed by atoms with Crippen LogP contribution in [0.25, 0.3) is 0 Å². The van der Waals surface area contributed by atoms with E-state index < -0.39 is 23.9 Å². The lowest BCUT2D eigenvalue weighted by Crippen LogP contribution is -2.23. The number of rotatable bonds is 2. The van der Waals surface area contributed by atoms with Crippen LogP contribution in [0.4, 0.5) is 13.2 Å². The summed E-state index contributed by atoms with van der Waals surface area (Å²) in [6.07, 6.45) is -5.13. The molecule has 0 heterocycles. The van der Waals surface area contributed by atoms with Gasteiger partial charge in [0.25, 0.3) is 0 Å². The van der Waals surface area contributed by atoms with Gasteiger partial charge in [-0.25, -0.2) is 0 Å². The summed E-state index contributed by atoms with van der Waals surface area (Å²) in [6, 6.07) is 3.81. The molecule has 0 spiro atoms. The summed E-state index contributed by atoms with van der Waals surface area (Å²) < 4.78 is 36.6. The van der Waals surface area contributed by atoms with Gasteiger partial charge in [0.1, 0.15) is 0 Å². The lowest BCUT2D eigenvalue weighted by Gasteiger charge is -2.15. The van der Waals surface area contributed by atoms with Crippen LogP contribution < -0.4 is 5.73 Å². The third-order valence-corrected chi connectivity index (χ3v) is 2.14. The lowest BCUT2D eigenvalue weighted by atomic mass is 10.0. The highest BCUT2D eigenvalue weighted by atomic mass is 19.4. The monoisotopic (exact) mass is 219 g/mol. The van der Waals surface area contributed by atoms with Gasteiger partial charge in [0, 0.05) is 0 Å². The van der Waals surface area contributed by atoms with Gasteiger partial charge in [0.05, 0.1) is 17.7 Å². The smallest absolute Gasteiger partial charge is 0.391 e. The van der Waals surface area contributed by atoms with Gasteiger partial charge in [-0.1, -0.05) is 12.1 Å². The molecule has 0 fully saturated rings. The maximum Gasteiger partial charge on any atom is 0.416 e. The van der Waals surface area contributed by atoms with Gasteiger partial charge in [-0.15, -0.1) is 0 Å². The standard InChI is InChI=1S/C10H12F3NO/c1-6(15)9(14)7-2-4-8(5-3-7)10(11,12)13/h2-6,9,15H,14H2,1H3/t6-,9+/m0/s1. The van der Waals surface area contributed by atoms with Crippen molar-refractivity contribution in [1.29, 1.82) is 0 Å². The van der Waals surface area contributed by atoms with E-state index in [1.807, 2.05) is 0 Å². The van der Waals surface area contributed by atoms with E-state index in [1.165, 1.54) is 19.1 Å². The molecule has 2 nitrogen and oxygen atoms in total. The Morgan fingerprint density at radius 3 is 2.00 bits per heavy atom. The third kappa shape index (κ3) is 2.94. The molecule has 0 saturated heterocycles. The zero-order valence-corrected chi connectivity index (χ0v) is 8.12. The predicted octanol–water partition coefficient (Wildman–Crippen LogP) is 2.09. The van der Waals surface area contributed by atoms with Crippen LogP contribution >= 0.6 is 0 Å². The Balaban J connectivity index is 2.91. The molecule has 5 heteroatoms. The van der Waals surface area contributed by atoms with Crippen molar-refractivity contribution in [2.24, 2.45) is 5.73 Å². The number of hydrogen-bond acceptors (Lipinski definition) is 2. The molecule has 84 valence electrons. The predicted molar refractivity (Wildman–Crippen MR) is 50.1 cm³/mol. The van der Waals surface area contributed by atoms with Crippen molar-refractivity contribution in [1.82, 2.24) is 0 Å². The van der Waals surface area contributed by atoms with Crippen LogP contribution in [0.15, 0.2) is 24.3 Å². The highest BCUT2D eigenvalue weighted by Gasteiger charge is 2.30. The molecular weight excluding hydrogens is 207 g/mol. The molecule has 0 saturated carbocycles. The molecule has 0 aliphatic rings. The second-order valence-corrected chi connectivity index (χ2v) is 3.39. The number of benzene rings is 1. The molecule has 0 amide bonds. The minimum Gasteiger partial charge on any atom is -0.391 e. The summed E-state index contributed by atoms with van der Waals surface area (Å²) in [5, 5.41) is 9.16. The van der Waals surface area contributed by atoms with Crippen LogP contribution in [-0.4, -0.2) is 11.2 Å². The molecule has 1 aromatic rings. The third-order valence-electron chi connectivity index (χ3n) is 2.14. The Morgan fingerprint density at radius 1 is 1.20 bits per heavy atom. The molecule has 2 atom stereocenters. The summed E-state index contributed by atoms with van der Waals surface area (Å²) in [5.74, 6) is 0. The van der Waals surface area contributed by atoms with Crippen molar-refractivity contribution < 1.29 is 18.3 Å². The number of aliphatic hydroxyl groups is 1. The Morgan fingerprint density at radius 2 is 1.67 bits per heavy atom.